The topological polar surface area (TPSA) is 29.5 Å². The summed E-state index contributed by atoms with van der Waals surface area (Å²) in [5.74, 6) is 0.673. The number of rotatable bonds is 3. The van der Waals surface area contributed by atoms with Gasteiger partial charge in [-0.1, -0.05) is 22.0 Å². The van der Waals surface area contributed by atoms with Gasteiger partial charge in [0.15, 0.2) is 0 Å². The number of hydrogen-bond donors (Lipinski definition) is 1. The molecule has 1 heterocycles. The van der Waals surface area contributed by atoms with Gasteiger partial charge in [-0.15, -0.1) is 11.3 Å². The van der Waals surface area contributed by atoms with Crippen molar-refractivity contribution in [3.63, 3.8) is 0 Å². The van der Waals surface area contributed by atoms with Crippen molar-refractivity contribution in [1.29, 1.82) is 0 Å². The zero-order valence-electron chi connectivity index (χ0n) is 8.98. The Kier molecular flexibility index (Phi) is 4.25. The van der Waals surface area contributed by atoms with E-state index in [1.54, 1.807) is 7.11 Å². The second kappa shape index (κ2) is 5.52. The maximum Gasteiger partial charge on any atom is 0.126 e. The fourth-order valence-electron chi connectivity index (χ4n) is 1.55. The van der Waals surface area contributed by atoms with Crippen LogP contribution in [0.2, 0.25) is 0 Å². The number of benzene rings is 1. The van der Waals surface area contributed by atoms with Crippen molar-refractivity contribution in [2.24, 2.45) is 0 Å². The minimum absolute atomic E-state index is 0.673. The van der Waals surface area contributed by atoms with E-state index in [0.717, 1.165) is 19.4 Å². The molecule has 5 heteroatoms. The van der Waals surface area contributed by atoms with Gasteiger partial charge in [-0.25, -0.2) is 0 Å². The van der Waals surface area contributed by atoms with E-state index >= 15 is 0 Å². The van der Waals surface area contributed by atoms with Gasteiger partial charge in [0, 0.05) is 14.5 Å². The van der Waals surface area contributed by atoms with E-state index in [0.29, 0.717) is 5.75 Å². The molecular weight excluding hydrogens is 368 g/mol. The second-order valence-corrected chi connectivity index (χ2v) is 6.14. The lowest BCUT2D eigenvalue weighted by molar-refractivity contribution is 0.218. The van der Waals surface area contributed by atoms with Crippen molar-refractivity contribution in [3.8, 4) is 5.75 Å². The largest absolute Gasteiger partial charge is 0.496 e. The van der Waals surface area contributed by atoms with Crippen LogP contribution < -0.4 is 4.74 Å². The molecule has 0 aliphatic carbocycles. The van der Waals surface area contributed by atoms with E-state index in [-0.39, 0.29) is 0 Å². The van der Waals surface area contributed by atoms with Gasteiger partial charge in [-0.2, -0.15) is 0 Å². The van der Waals surface area contributed by atoms with Crippen LogP contribution in [0, 0.1) is 0 Å². The van der Waals surface area contributed by atoms with E-state index in [4.69, 9.17) is 4.74 Å². The maximum absolute atomic E-state index is 10.3. The number of thiophene rings is 1. The zero-order valence-corrected chi connectivity index (χ0v) is 13.0. The summed E-state index contributed by atoms with van der Waals surface area (Å²) in [7, 11) is 1.60. The molecule has 0 spiro atoms. The lowest BCUT2D eigenvalue weighted by Crippen LogP contribution is -2.01. The molecule has 1 atom stereocenters. The molecule has 0 radical (unpaired) electrons. The standard InChI is InChI=1S/C12H10Br2O2S/c1-16-10-6-7(13)2-3-8(10)11(15)12-9(14)4-5-17-12/h2-6,11,15H,1H3. The molecule has 1 aromatic carbocycles. The number of hydrogen-bond acceptors (Lipinski definition) is 3. The third kappa shape index (κ3) is 2.73. The molecule has 0 aliphatic heterocycles. The number of halogens is 2. The van der Waals surface area contributed by atoms with Crippen LogP contribution in [-0.2, 0) is 0 Å². The summed E-state index contributed by atoms with van der Waals surface area (Å²) >= 11 is 8.32. The van der Waals surface area contributed by atoms with Crippen molar-refractivity contribution in [1.82, 2.24) is 0 Å². The minimum Gasteiger partial charge on any atom is -0.496 e. The molecule has 1 aromatic heterocycles. The maximum atomic E-state index is 10.3. The molecule has 0 amide bonds. The van der Waals surface area contributed by atoms with Crippen molar-refractivity contribution < 1.29 is 9.84 Å². The van der Waals surface area contributed by atoms with Gasteiger partial charge in [0.1, 0.15) is 11.9 Å². The smallest absolute Gasteiger partial charge is 0.126 e. The first-order valence-electron chi connectivity index (χ1n) is 4.88. The molecule has 1 N–H and O–H groups in total. The second-order valence-electron chi connectivity index (χ2n) is 3.42. The summed E-state index contributed by atoms with van der Waals surface area (Å²) < 4.78 is 7.13. The van der Waals surface area contributed by atoms with Crippen molar-refractivity contribution >= 4 is 43.2 Å². The number of aliphatic hydroxyl groups excluding tert-OH is 1. The Hall–Kier alpha value is -0.360. The van der Waals surface area contributed by atoms with Crippen LogP contribution >= 0.6 is 43.2 Å². The Labute approximate surface area is 121 Å². The van der Waals surface area contributed by atoms with Gasteiger partial charge >= 0.3 is 0 Å². The molecule has 90 valence electrons. The van der Waals surface area contributed by atoms with Crippen molar-refractivity contribution in [2.75, 3.05) is 7.11 Å². The van der Waals surface area contributed by atoms with Gasteiger partial charge in [-0.3, -0.25) is 0 Å². The van der Waals surface area contributed by atoms with Crippen LogP contribution in [-0.4, -0.2) is 12.2 Å². The molecule has 17 heavy (non-hydrogen) atoms. The molecule has 2 nitrogen and oxygen atoms in total. The van der Waals surface area contributed by atoms with E-state index in [2.05, 4.69) is 31.9 Å². The van der Waals surface area contributed by atoms with Gasteiger partial charge in [0.2, 0.25) is 0 Å². The molecule has 2 aromatic rings. The Bertz CT molecular complexity index is 525. The summed E-state index contributed by atoms with van der Waals surface area (Å²) in [5, 5.41) is 12.3. The first-order valence-corrected chi connectivity index (χ1v) is 7.34. The molecule has 0 fully saturated rings. The minimum atomic E-state index is -0.674. The Morgan fingerprint density at radius 2 is 2.06 bits per heavy atom. The van der Waals surface area contributed by atoms with E-state index in [9.17, 15) is 5.11 Å². The van der Waals surface area contributed by atoms with Gasteiger partial charge in [0.05, 0.1) is 12.0 Å². The van der Waals surface area contributed by atoms with E-state index in [1.165, 1.54) is 11.3 Å². The number of ether oxygens (including phenoxy) is 1. The molecule has 0 saturated carbocycles. The highest BCUT2D eigenvalue weighted by molar-refractivity contribution is 9.10. The van der Waals surface area contributed by atoms with Crippen LogP contribution in [0.1, 0.15) is 16.5 Å². The SMILES string of the molecule is COc1cc(Br)ccc1C(O)c1sccc1Br. The van der Waals surface area contributed by atoms with Crippen LogP contribution in [0.4, 0.5) is 0 Å². The molecular formula is C12H10Br2O2S. The van der Waals surface area contributed by atoms with Gasteiger partial charge < -0.3 is 9.84 Å². The number of methoxy groups -OCH3 is 1. The Balaban J connectivity index is 2.44. The molecule has 2 rings (SSSR count). The average Bonchev–Trinajstić information content (AvgIpc) is 2.74. The lowest BCUT2D eigenvalue weighted by Gasteiger charge is -2.14. The molecule has 0 aliphatic rings. The van der Waals surface area contributed by atoms with Crippen LogP contribution in [0.25, 0.3) is 0 Å². The third-order valence-electron chi connectivity index (χ3n) is 2.38. The average molecular weight is 378 g/mol. The highest BCUT2D eigenvalue weighted by atomic mass is 79.9. The predicted molar refractivity (Wildman–Crippen MR) is 76.8 cm³/mol. The summed E-state index contributed by atoms with van der Waals surface area (Å²) in [6.45, 7) is 0. The summed E-state index contributed by atoms with van der Waals surface area (Å²) in [6.07, 6.45) is -0.674. The van der Waals surface area contributed by atoms with Crippen LogP contribution in [0.3, 0.4) is 0 Å². The highest BCUT2D eigenvalue weighted by Gasteiger charge is 2.19. The highest BCUT2D eigenvalue weighted by Crippen LogP contribution is 2.37. The normalized spacial score (nSPS) is 12.5. The van der Waals surface area contributed by atoms with E-state index in [1.807, 2.05) is 29.6 Å². The zero-order chi connectivity index (χ0) is 12.4. The van der Waals surface area contributed by atoms with E-state index < -0.39 is 6.10 Å². The first kappa shape index (κ1) is 13.1. The fraction of sp³-hybridized carbons (Fsp3) is 0.167. The van der Waals surface area contributed by atoms with Crippen molar-refractivity contribution in [2.45, 2.75) is 6.10 Å². The monoisotopic (exact) mass is 376 g/mol. The van der Waals surface area contributed by atoms with Crippen LogP contribution in [0.5, 0.6) is 5.75 Å². The van der Waals surface area contributed by atoms with Crippen molar-refractivity contribution in [3.05, 3.63) is 49.0 Å². The predicted octanol–water partition coefficient (Wildman–Crippen LogP) is 4.36. The summed E-state index contributed by atoms with van der Waals surface area (Å²) in [4.78, 5) is 0.880. The quantitative estimate of drug-likeness (QED) is 0.860. The Morgan fingerprint density at radius 3 is 2.65 bits per heavy atom. The third-order valence-corrected chi connectivity index (χ3v) is 4.80. The van der Waals surface area contributed by atoms with Gasteiger partial charge in [0.25, 0.3) is 0 Å². The summed E-state index contributed by atoms with van der Waals surface area (Å²) in [5.41, 5.74) is 0.763. The molecule has 1 unspecified atom stereocenters. The lowest BCUT2D eigenvalue weighted by atomic mass is 10.1. The first-order chi connectivity index (χ1) is 8.13. The van der Waals surface area contributed by atoms with Gasteiger partial charge in [-0.05, 0) is 39.5 Å². The summed E-state index contributed by atoms with van der Waals surface area (Å²) in [6, 6.07) is 7.52. The molecule has 0 saturated heterocycles. The number of aliphatic hydroxyl groups is 1. The van der Waals surface area contributed by atoms with Crippen LogP contribution in [0.15, 0.2) is 38.6 Å². The fourth-order valence-corrected chi connectivity index (χ4v) is 3.48. The molecule has 0 bridgehead atoms. The Morgan fingerprint density at radius 1 is 1.29 bits per heavy atom.